The van der Waals surface area contributed by atoms with Crippen LogP contribution in [-0.2, 0) is 9.47 Å². The predicted octanol–water partition coefficient (Wildman–Crippen LogP) is 2.70. The van der Waals surface area contributed by atoms with E-state index in [1.807, 2.05) is 12.1 Å². The van der Waals surface area contributed by atoms with E-state index in [0.717, 1.165) is 8.95 Å². The molecule has 0 bridgehead atoms. The van der Waals surface area contributed by atoms with Gasteiger partial charge >= 0.3 is 0 Å². The molecule has 1 heterocycles. The van der Waals surface area contributed by atoms with Crippen molar-refractivity contribution in [2.75, 3.05) is 27.3 Å². The molecule has 104 valence electrons. The number of amides is 1. The highest BCUT2D eigenvalue weighted by Gasteiger charge is 2.36. The predicted molar refractivity (Wildman–Crippen MR) is 79.3 cm³/mol. The molecule has 0 radical (unpaired) electrons. The van der Waals surface area contributed by atoms with Gasteiger partial charge in [-0.05, 0) is 34.1 Å². The molecule has 1 aromatic rings. The molecule has 1 saturated heterocycles. The van der Waals surface area contributed by atoms with Crippen LogP contribution in [0.5, 0.6) is 0 Å². The summed E-state index contributed by atoms with van der Waals surface area (Å²) in [5, 5.41) is 0. The molecule has 0 aliphatic carbocycles. The Balaban J connectivity index is 2.17. The van der Waals surface area contributed by atoms with Crippen molar-refractivity contribution in [1.29, 1.82) is 0 Å². The number of likely N-dealkylation sites (tertiary alicyclic amines) is 1. The second-order valence-electron chi connectivity index (χ2n) is 4.38. The van der Waals surface area contributed by atoms with Gasteiger partial charge in [-0.1, -0.05) is 15.9 Å². The van der Waals surface area contributed by atoms with E-state index in [1.165, 1.54) is 0 Å². The molecule has 0 N–H and O–H groups in total. The zero-order chi connectivity index (χ0) is 14.0. The maximum Gasteiger partial charge on any atom is 0.255 e. The number of methoxy groups -OCH3 is 2. The lowest BCUT2D eigenvalue weighted by Crippen LogP contribution is -2.30. The zero-order valence-electron chi connectivity index (χ0n) is 10.7. The van der Waals surface area contributed by atoms with Gasteiger partial charge in [-0.25, -0.2) is 0 Å². The van der Waals surface area contributed by atoms with Crippen molar-refractivity contribution in [2.45, 2.75) is 12.2 Å². The third-order valence-electron chi connectivity index (χ3n) is 3.27. The molecule has 2 atom stereocenters. The smallest absolute Gasteiger partial charge is 0.255 e. The van der Waals surface area contributed by atoms with Crippen LogP contribution in [0.25, 0.3) is 0 Å². The number of benzene rings is 1. The lowest BCUT2D eigenvalue weighted by Gasteiger charge is -2.16. The van der Waals surface area contributed by atoms with Crippen LogP contribution in [0.1, 0.15) is 10.4 Å². The number of nitrogens with zero attached hydrogens (tertiary/aromatic N) is 1. The SMILES string of the molecule is COC1CN(C(=O)c2ccc(Br)cc2Br)CC1OC. The van der Waals surface area contributed by atoms with Gasteiger partial charge in [-0.15, -0.1) is 0 Å². The first-order valence-corrected chi connectivity index (χ1v) is 7.45. The van der Waals surface area contributed by atoms with Crippen molar-refractivity contribution >= 4 is 37.8 Å². The van der Waals surface area contributed by atoms with Crippen LogP contribution >= 0.6 is 31.9 Å². The fourth-order valence-corrected chi connectivity index (χ4v) is 3.41. The first-order chi connectivity index (χ1) is 9.06. The van der Waals surface area contributed by atoms with Crippen molar-refractivity contribution in [3.05, 3.63) is 32.7 Å². The van der Waals surface area contributed by atoms with E-state index in [0.29, 0.717) is 18.7 Å². The van der Waals surface area contributed by atoms with Gasteiger partial charge in [0, 0.05) is 36.3 Å². The summed E-state index contributed by atoms with van der Waals surface area (Å²) < 4.78 is 12.4. The fraction of sp³-hybridized carbons (Fsp3) is 0.462. The molecule has 1 aliphatic heterocycles. The average molecular weight is 393 g/mol. The molecule has 2 unspecified atom stereocenters. The van der Waals surface area contributed by atoms with Crippen molar-refractivity contribution in [1.82, 2.24) is 4.90 Å². The summed E-state index contributed by atoms with van der Waals surface area (Å²) in [6, 6.07) is 5.53. The first-order valence-electron chi connectivity index (χ1n) is 5.86. The van der Waals surface area contributed by atoms with Gasteiger partial charge in [0.05, 0.1) is 5.56 Å². The third-order valence-corrected chi connectivity index (χ3v) is 4.42. The minimum Gasteiger partial charge on any atom is -0.377 e. The summed E-state index contributed by atoms with van der Waals surface area (Å²) >= 11 is 6.79. The normalized spacial score (nSPS) is 22.8. The summed E-state index contributed by atoms with van der Waals surface area (Å²) in [6.07, 6.45) is -0.133. The average Bonchev–Trinajstić information content (AvgIpc) is 2.81. The van der Waals surface area contributed by atoms with E-state index in [1.54, 1.807) is 25.2 Å². The molecule has 1 aromatic carbocycles. The highest BCUT2D eigenvalue weighted by molar-refractivity contribution is 9.11. The summed E-state index contributed by atoms with van der Waals surface area (Å²) in [4.78, 5) is 14.2. The van der Waals surface area contributed by atoms with Crippen molar-refractivity contribution in [3.63, 3.8) is 0 Å². The van der Waals surface area contributed by atoms with Gasteiger partial charge in [0.25, 0.3) is 5.91 Å². The molecule has 4 nitrogen and oxygen atoms in total. The molecule has 6 heteroatoms. The molecular formula is C13H15Br2NO3. The Morgan fingerprint density at radius 3 is 2.26 bits per heavy atom. The van der Waals surface area contributed by atoms with Crippen LogP contribution in [0.2, 0.25) is 0 Å². The second-order valence-corrected chi connectivity index (χ2v) is 6.15. The van der Waals surface area contributed by atoms with Gasteiger partial charge in [-0.3, -0.25) is 4.79 Å². The number of rotatable bonds is 3. The Labute approximate surface area is 129 Å². The van der Waals surface area contributed by atoms with Crippen LogP contribution in [0, 0.1) is 0 Å². The molecular weight excluding hydrogens is 378 g/mol. The Kier molecular flexibility index (Phi) is 5.00. The maximum atomic E-state index is 12.5. The molecule has 19 heavy (non-hydrogen) atoms. The van der Waals surface area contributed by atoms with Gasteiger partial charge in [0.2, 0.25) is 0 Å². The molecule has 1 fully saturated rings. The van der Waals surface area contributed by atoms with E-state index < -0.39 is 0 Å². The van der Waals surface area contributed by atoms with Gasteiger partial charge in [0.15, 0.2) is 0 Å². The molecule has 0 aromatic heterocycles. The topological polar surface area (TPSA) is 38.8 Å². The number of halogens is 2. The number of carbonyl (C=O) groups is 1. The molecule has 1 aliphatic rings. The van der Waals surface area contributed by atoms with Crippen LogP contribution in [0.4, 0.5) is 0 Å². The van der Waals surface area contributed by atoms with Gasteiger partial charge in [0.1, 0.15) is 12.2 Å². The number of hydrogen-bond donors (Lipinski definition) is 0. The van der Waals surface area contributed by atoms with E-state index in [4.69, 9.17) is 9.47 Å². The highest BCUT2D eigenvalue weighted by atomic mass is 79.9. The first kappa shape index (κ1) is 15.0. The molecule has 2 rings (SSSR count). The van der Waals surface area contributed by atoms with E-state index >= 15 is 0 Å². The second kappa shape index (κ2) is 6.35. The summed E-state index contributed by atoms with van der Waals surface area (Å²) in [7, 11) is 3.28. The summed E-state index contributed by atoms with van der Waals surface area (Å²) in [5.74, 6) is -0.0130. The van der Waals surface area contributed by atoms with E-state index in [9.17, 15) is 4.79 Å². The maximum absolute atomic E-state index is 12.5. The lowest BCUT2D eigenvalue weighted by atomic mass is 10.2. The molecule has 0 spiro atoms. The van der Waals surface area contributed by atoms with E-state index in [2.05, 4.69) is 31.9 Å². The lowest BCUT2D eigenvalue weighted by molar-refractivity contribution is -0.00461. The Morgan fingerprint density at radius 1 is 1.21 bits per heavy atom. The van der Waals surface area contributed by atoms with Gasteiger partial charge < -0.3 is 14.4 Å². The Morgan fingerprint density at radius 2 is 1.79 bits per heavy atom. The van der Waals surface area contributed by atoms with Crippen LogP contribution in [-0.4, -0.2) is 50.3 Å². The number of carbonyl (C=O) groups excluding carboxylic acids is 1. The van der Waals surface area contributed by atoms with Gasteiger partial charge in [-0.2, -0.15) is 0 Å². The third kappa shape index (κ3) is 3.18. The standard InChI is InChI=1S/C13H15Br2NO3/c1-18-11-6-16(7-12(11)19-2)13(17)9-4-3-8(14)5-10(9)15/h3-5,11-12H,6-7H2,1-2H3. The molecule has 0 saturated carbocycles. The highest BCUT2D eigenvalue weighted by Crippen LogP contribution is 2.25. The van der Waals surface area contributed by atoms with Crippen LogP contribution in [0.3, 0.4) is 0 Å². The quantitative estimate of drug-likeness (QED) is 0.793. The van der Waals surface area contributed by atoms with Crippen molar-refractivity contribution in [3.8, 4) is 0 Å². The van der Waals surface area contributed by atoms with E-state index in [-0.39, 0.29) is 18.1 Å². The summed E-state index contributed by atoms with van der Waals surface area (Å²) in [6.45, 7) is 1.10. The largest absolute Gasteiger partial charge is 0.377 e. The Bertz CT molecular complexity index is 469. The zero-order valence-corrected chi connectivity index (χ0v) is 13.9. The fourth-order valence-electron chi connectivity index (χ4n) is 2.20. The minimum atomic E-state index is -0.0665. The molecule has 1 amide bonds. The van der Waals surface area contributed by atoms with Crippen LogP contribution < -0.4 is 0 Å². The number of hydrogen-bond acceptors (Lipinski definition) is 3. The van der Waals surface area contributed by atoms with Crippen LogP contribution in [0.15, 0.2) is 27.1 Å². The minimum absolute atomic E-state index is 0.0130. The summed E-state index contributed by atoms with van der Waals surface area (Å²) in [5.41, 5.74) is 0.648. The van der Waals surface area contributed by atoms with Crippen molar-refractivity contribution < 1.29 is 14.3 Å². The monoisotopic (exact) mass is 391 g/mol. The Hall–Kier alpha value is -0.430. The van der Waals surface area contributed by atoms with Crippen molar-refractivity contribution in [2.24, 2.45) is 0 Å². The number of ether oxygens (including phenoxy) is 2.